The Morgan fingerprint density at radius 2 is 2.07 bits per heavy atom. The molecule has 27 heavy (non-hydrogen) atoms. The largest absolute Gasteiger partial charge is 0.338 e. The van der Waals surface area contributed by atoms with E-state index in [2.05, 4.69) is 0 Å². The van der Waals surface area contributed by atoms with E-state index in [0.29, 0.717) is 34.6 Å². The van der Waals surface area contributed by atoms with Crippen LogP contribution < -0.4 is 0 Å². The summed E-state index contributed by atoms with van der Waals surface area (Å²) in [4.78, 5) is 16.8. The highest BCUT2D eigenvalue weighted by atomic mass is 35.5. The molecule has 0 spiro atoms. The van der Waals surface area contributed by atoms with Gasteiger partial charge in [0.15, 0.2) is 0 Å². The van der Waals surface area contributed by atoms with Crippen molar-refractivity contribution in [2.45, 2.75) is 37.4 Å². The predicted molar refractivity (Wildman–Crippen MR) is 111 cm³/mol. The van der Waals surface area contributed by atoms with E-state index in [1.54, 1.807) is 11.0 Å². The van der Waals surface area contributed by atoms with Crippen LogP contribution in [0.1, 0.15) is 29.5 Å². The molecule has 0 N–H and O–H groups in total. The molecule has 1 aliphatic rings. The third-order valence-corrected chi connectivity index (χ3v) is 9.26. The lowest BCUT2D eigenvalue weighted by atomic mass is 9.98. The molecule has 0 unspecified atom stereocenters. The fourth-order valence-corrected chi connectivity index (χ4v) is 7.33. The zero-order valence-corrected chi connectivity index (χ0v) is 18.6. The molecule has 1 amide bonds. The van der Waals surface area contributed by atoms with Crippen LogP contribution >= 0.6 is 34.3 Å². The number of hydrogen-bond donors (Lipinski definition) is 0. The maximum atomic E-state index is 13.0. The topological polar surface area (TPSA) is 57.7 Å². The molecule has 0 saturated carbocycles. The minimum absolute atomic E-state index is 0.0179. The fraction of sp³-hybridized carbons (Fsp3) is 0.500. The zero-order valence-electron chi connectivity index (χ0n) is 15.4. The van der Waals surface area contributed by atoms with Gasteiger partial charge in [0.05, 0.1) is 16.8 Å². The van der Waals surface area contributed by atoms with E-state index in [-0.39, 0.29) is 18.4 Å². The third-order valence-electron chi connectivity index (χ3n) is 4.71. The van der Waals surface area contributed by atoms with E-state index in [1.165, 1.54) is 27.0 Å². The molecule has 5 nitrogen and oxygen atoms in total. The van der Waals surface area contributed by atoms with Crippen LogP contribution in [0, 0.1) is 12.8 Å². The van der Waals surface area contributed by atoms with Crippen molar-refractivity contribution in [3.8, 4) is 0 Å². The standard InChI is InChI=1S/C18H23ClN2O3S3/c1-3-20(12-15-7-8-16(19)26-15)18(22)14-5-4-10-21(11-14)27(23,24)17-9-6-13(2)25-17/h6-9,14H,3-5,10-12H2,1-2H3/t14-/m0/s1. The third kappa shape index (κ3) is 4.74. The monoisotopic (exact) mass is 446 g/mol. The van der Waals surface area contributed by atoms with Crippen molar-refractivity contribution in [3.05, 3.63) is 38.4 Å². The van der Waals surface area contributed by atoms with Gasteiger partial charge < -0.3 is 4.90 Å². The minimum Gasteiger partial charge on any atom is -0.338 e. The van der Waals surface area contributed by atoms with Gasteiger partial charge in [-0.3, -0.25) is 4.79 Å². The number of rotatable bonds is 6. The van der Waals surface area contributed by atoms with E-state index >= 15 is 0 Å². The van der Waals surface area contributed by atoms with Crippen molar-refractivity contribution < 1.29 is 13.2 Å². The van der Waals surface area contributed by atoms with Crippen LogP contribution in [0.2, 0.25) is 4.34 Å². The van der Waals surface area contributed by atoms with Gasteiger partial charge >= 0.3 is 0 Å². The molecule has 0 aromatic carbocycles. The Hall–Kier alpha value is -0.930. The van der Waals surface area contributed by atoms with E-state index in [1.807, 2.05) is 32.0 Å². The Balaban J connectivity index is 1.71. The van der Waals surface area contributed by atoms with Crippen LogP contribution in [0.15, 0.2) is 28.5 Å². The van der Waals surface area contributed by atoms with Gasteiger partial charge in [-0.15, -0.1) is 22.7 Å². The van der Waals surface area contributed by atoms with Crippen molar-refractivity contribution in [3.63, 3.8) is 0 Å². The van der Waals surface area contributed by atoms with Gasteiger partial charge in [0.25, 0.3) is 10.0 Å². The second-order valence-corrected chi connectivity index (χ2v) is 11.9. The molecule has 1 saturated heterocycles. The number of piperidine rings is 1. The Bertz CT molecular complexity index is 907. The van der Waals surface area contributed by atoms with Gasteiger partial charge in [-0.1, -0.05) is 11.6 Å². The van der Waals surface area contributed by atoms with E-state index in [4.69, 9.17) is 11.6 Å². The van der Waals surface area contributed by atoms with Crippen molar-refractivity contribution >= 4 is 50.2 Å². The number of halogens is 1. The lowest BCUT2D eigenvalue weighted by molar-refractivity contribution is -0.137. The van der Waals surface area contributed by atoms with Crippen molar-refractivity contribution in [1.29, 1.82) is 0 Å². The minimum atomic E-state index is -3.53. The molecule has 2 aromatic rings. The number of nitrogens with zero attached hydrogens (tertiary/aromatic N) is 2. The van der Waals surface area contributed by atoms with Gasteiger partial charge in [0, 0.05) is 29.4 Å². The number of thiophene rings is 2. The zero-order chi connectivity index (χ0) is 19.6. The Kier molecular flexibility index (Phi) is 6.63. The Labute approximate surface area is 173 Å². The summed E-state index contributed by atoms with van der Waals surface area (Å²) >= 11 is 8.73. The summed E-state index contributed by atoms with van der Waals surface area (Å²) in [5.41, 5.74) is 0. The first-order valence-corrected chi connectivity index (χ1v) is 12.4. The Morgan fingerprint density at radius 1 is 1.30 bits per heavy atom. The number of sulfonamides is 1. The lowest BCUT2D eigenvalue weighted by Crippen LogP contribution is -2.46. The van der Waals surface area contributed by atoms with Crippen molar-refractivity contribution in [2.75, 3.05) is 19.6 Å². The maximum absolute atomic E-state index is 13.0. The van der Waals surface area contributed by atoms with E-state index < -0.39 is 10.0 Å². The first-order valence-electron chi connectivity index (χ1n) is 8.91. The molecule has 0 aliphatic carbocycles. The molecule has 1 fully saturated rings. The van der Waals surface area contributed by atoms with Gasteiger partial charge in [-0.25, -0.2) is 8.42 Å². The second-order valence-electron chi connectivity index (χ2n) is 6.63. The first-order chi connectivity index (χ1) is 12.8. The number of carbonyl (C=O) groups excluding carboxylic acids is 1. The molecule has 1 aliphatic heterocycles. The molecule has 148 valence electrons. The lowest BCUT2D eigenvalue weighted by Gasteiger charge is -2.33. The Morgan fingerprint density at radius 3 is 2.67 bits per heavy atom. The van der Waals surface area contributed by atoms with E-state index in [9.17, 15) is 13.2 Å². The average Bonchev–Trinajstić information content (AvgIpc) is 3.27. The summed E-state index contributed by atoms with van der Waals surface area (Å²) in [5.74, 6) is -0.283. The first kappa shape index (κ1) is 20.8. The fourth-order valence-electron chi connectivity index (χ4n) is 3.27. The molecule has 0 radical (unpaired) electrons. The molecule has 3 rings (SSSR count). The van der Waals surface area contributed by atoms with Crippen molar-refractivity contribution in [1.82, 2.24) is 9.21 Å². The van der Waals surface area contributed by atoms with Gasteiger partial charge in [-0.2, -0.15) is 4.31 Å². The van der Waals surface area contributed by atoms with Crippen LogP contribution in [0.5, 0.6) is 0 Å². The van der Waals surface area contributed by atoms with Crippen molar-refractivity contribution in [2.24, 2.45) is 5.92 Å². The highest BCUT2D eigenvalue weighted by Crippen LogP contribution is 2.29. The van der Waals surface area contributed by atoms with Gasteiger partial charge in [-0.05, 0) is 51.0 Å². The summed E-state index contributed by atoms with van der Waals surface area (Å²) in [5, 5.41) is 0. The van der Waals surface area contributed by atoms with Gasteiger partial charge in [0.1, 0.15) is 4.21 Å². The predicted octanol–water partition coefficient (Wildman–Crippen LogP) is 4.22. The molecule has 3 heterocycles. The molecule has 2 aromatic heterocycles. The quantitative estimate of drug-likeness (QED) is 0.667. The highest BCUT2D eigenvalue weighted by Gasteiger charge is 2.35. The summed E-state index contributed by atoms with van der Waals surface area (Å²) in [6.07, 6.45) is 1.42. The maximum Gasteiger partial charge on any atom is 0.252 e. The van der Waals surface area contributed by atoms with E-state index in [0.717, 1.165) is 16.2 Å². The van der Waals surface area contributed by atoms with Gasteiger partial charge in [0.2, 0.25) is 5.91 Å². The van der Waals surface area contributed by atoms with Crippen LogP contribution in [0.4, 0.5) is 0 Å². The molecular weight excluding hydrogens is 424 g/mol. The van der Waals surface area contributed by atoms with Crippen LogP contribution in [-0.4, -0.2) is 43.2 Å². The highest BCUT2D eigenvalue weighted by molar-refractivity contribution is 7.91. The summed E-state index contributed by atoms with van der Waals surface area (Å²) < 4.78 is 28.3. The second kappa shape index (κ2) is 8.61. The molecule has 9 heteroatoms. The smallest absolute Gasteiger partial charge is 0.252 e. The molecule has 0 bridgehead atoms. The average molecular weight is 447 g/mol. The SMILES string of the molecule is CCN(Cc1ccc(Cl)s1)C(=O)[C@H]1CCCN(S(=O)(=O)c2ccc(C)s2)C1. The number of aryl methyl sites for hydroxylation is 1. The number of amides is 1. The van der Waals surface area contributed by atoms with Crippen LogP contribution in [0.25, 0.3) is 0 Å². The summed E-state index contributed by atoms with van der Waals surface area (Å²) in [6.45, 7) is 5.65. The molecule has 1 atom stereocenters. The summed E-state index contributed by atoms with van der Waals surface area (Å²) in [7, 11) is -3.53. The normalized spacial score (nSPS) is 18.6. The molecular formula is C18H23ClN2O3S3. The van der Waals surface area contributed by atoms with Crippen LogP contribution in [0.3, 0.4) is 0 Å². The van der Waals surface area contributed by atoms with Crippen LogP contribution in [-0.2, 0) is 21.4 Å². The number of carbonyl (C=O) groups is 1. The summed E-state index contributed by atoms with van der Waals surface area (Å²) in [6, 6.07) is 7.23. The number of hydrogen-bond acceptors (Lipinski definition) is 5.